The van der Waals surface area contributed by atoms with E-state index < -0.39 is 0 Å². The van der Waals surface area contributed by atoms with Crippen molar-refractivity contribution in [3.8, 4) is 11.5 Å². The third-order valence-corrected chi connectivity index (χ3v) is 3.70. The maximum atomic E-state index is 13.0. The Hall–Kier alpha value is -2.07. The van der Waals surface area contributed by atoms with Gasteiger partial charge in [-0.1, -0.05) is 18.2 Å². The number of likely N-dealkylation sites (N-methyl/N-ethyl adjacent to an activating group) is 1. The van der Waals surface area contributed by atoms with Crippen molar-refractivity contribution in [2.75, 3.05) is 33.9 Å². The van der Waals surface area contributed by atoms with Gasteiger partial charge in [-0.3, -0.25) is 0 Å². The molecule has 0 saturated carbocycles. The first kappa shape index (κ1) is 17.3. The van der Waals surface area contributed by atoms with Crippen molar-refractivity contribution < 1.29 is 13.9 Å². The second kappa shape index (κ2) is 9.16. The Labute approximate surface area is 137 Å². The second-order valence-electron chi connectivity index (χ2n) is 5.56. The summed E-state index contributed by atoms with van der Waals surface area (Å²) in [4.78, 5) is 2.23. The molecule has 0 aliphatic rings. The predicted octanol–water partition coefficient (Wildman–Crippen LogP) is 3.78. The molecule has 0 atom stereocenters. The number of ether oxygens (including phenoxy) is 2. The summed E-state index contributed by atoms with van der Waals surface area (Å²) >= 11 is 0. The Bertz CT molecular complexity index is 586. The van der Waals surface area contributed by atoms with Gasteiger partial charge in [0, 0.05) is 12.6 Å². The molecule has 0 N–H and O–H groups in total. The third-order valence-electron chi connectivity index (χ3n) is 3.70. The minimum atomic E-state index is -0.268. The van der Waals surface area contributed by atoms with E-state index in [1.807, 2.05) is 12.1 Å². The van der Waals surface area contributed by atoms with E-state index in [2.05, 4.69) is 24.1 Å². The number of hydrogen-bond acceptors (Lipinski definition) is 3. The Balaban J connectivity index is 1.62. The summed E-state index contributed by atoms with van der Waals surface area (Å²) in [6.07, 6.45) is 2.13. The molecule has 2 rings (SSSR count). The van der Waals surface area contributed by atoms with Gasteiger partial charge in [0.05, 0.1) is 7.11 Å². The molecule has 0 heterocycles. The van der Waals surface area contributed by atoms with Crippen LogP contribution in [0, 0.1) is 5.82 Å². The maximum absolute atomic E-state index is 13.0. The first-order valence-electron chi connectivity index (χ1n) is 7.87. The highest BCUT2D eigenvalue weighted by atomic mass is 19.1. The molecule has 0 saturated heterocycles. The summed E-state index contributed by atoms with van der Waals surface area (Å²) in [5.74, 6) is 1.20. The van der Waals surface area contributed by atoms with Crippen LogP contribution in [0.1, 0.15) is 12.0 Å². The van der Waals surface area contributed by atoms with Gasteiger partial charge in [-0.2, -0.15) is 0 Å². The molecular weight excluding hydrogens is 293 g/mol. The molecule has 0 amide bonds. The van der Waals surface area contributed by atoms with E-state index in [1.54, 1.807) is 19.2 Å². The van der Waals surface area contributed by atoms with Gasteiger partial charge in [0.2, 0.25) is 0 Å². The van der Waals surface area contributed by atoms with E-state index in [4.69, 9.17) is 9.47 Å². The molecule has 0 spiro atoms. The van der Waals surface area contributed by atoms with Crippen molar-refractivity contribution in [3.05, 3.63) is 59.9 Å². The normalized spacial score (nSPS) is 10.8. The van der Waals surface area contributed by atoms with Crippen LogP contribution in [0.3, 0.4) is 0 Å². The van der Waals surface area contributed by atoms with Gasteiger partial charge in [-0.25, -0.2) is 4.39 Å². The molecule has 3 nitrogen and oxygen atoms in total. The van der Waals surface area contributed by atoms with Gasteiger partial charge in [0.1, 0.15) is 23.9 Å². The van der Waals surface area contributed by atoms with E-state index in [-0.39, 0.29) is 5.82 Å². The number of nitrogens with zero attached hydrogens (tertiary/aromatic N) is 1. The Morgan fingerprint density at radius 1 is 1.00 bits per heavy atom. The first-order valence-corrected chi connectivity index (χ1v) is 7.87. The number of halogens is 1. The van der Waals surface area contributed by atoms with Crippen LogP contribution in [-0.4, -0.2) is 38.8 Å². The van der Waals surface area contributed by atoms with E-state index >= 15 is 0 Å². The van der Waals surface area contributed by atoms with Crippen LogP contribution in [-0.2, 0) is 6.42 Å². The molecule has 0 aliphatic heterocycles. The minimum absolute atomic E-state index is 0.268. The van der Waals surface area contributed by atoms with Gasteiger partial charge in [0.25, 0.3) is 0 Å². The maximum Gasteiger partial charge on any atom is 0.126 e. The average molecular weight is 317 g/mol. The van der Waals surface area contributed by atoms with Crippen molar-refractivity contribution in [3.63, 3.8) is 0 Å². The summed E-state index contributed by atoms with van der Waals surface area (Å²) in [6.45, 7) is 2.38. The van der Waals surface area contributed by atoms with E-state index in [0.29, 0.717) is 12.4 Å². The second-order valence-corrected chi connectivity index (χ2v) is 5.56. The highest BCUT2D eigenvalue weighted by molar-refractivity contribution is 5.27. The smallest absolute Gasteiger partial charge is 0.126 e. The number of benzene rings is 2. The standard InChI is InChI=1S/C19H24FNO2/c1-21(13-14-23-19-7-3-6-17(20)15-19)12-4-5-16-8-10-18(22-2)11-9-16/h3,6-11,15H,4-5,12-14H2,1-2H3. The van der Waals surface area contributed by atoms with Crippen LogP contribution < -0.4 is 9.47 Å². The molecule has 4 heteroatoms. The average Bonchev–Trinajstić information content (AvgIpc) is 2.55. The van der Waals surface area contributed by atoms with E-state index in [1.165, 1.54) is 17.7 Å². The van der Waals surface area contributed by atoms with E-state index in [0.717, 1.165) is 31.7 Å². The van der Waals surface area contributed by atoms with Crippen LogP contribution in [0.4, 0.5) is 4.39 Å². The predicted molar refractivity (Wildman–Crippen MR) is 90.7 cm³/mol. The lowest BCUT2D eigenvalue weighted by Gasteiger charge is -2.17. The van der Waals surface area contributed by atoms with Crippen LogP contribution in [0.25, 0.3) is 0 Å². The Morgan fingerprint density at radius 3 is 2.48 bits per heavy atom. The molecule has 23 heavy (non-hydrogen) atoms. The molecule has 0 unspecified atom stereocenters. The summed E-state index contributed by atoms with van der Waals surface area (Å²) < 4.78 is 23.7. The molecule has 0 aromatic heterocycles. The van der Waals surface area contributed by atoms with Gasteiger partial charge >= 0.3 is 0 Å². The van der Waals surface area contributed by atoms with Gasteiger partial charge in [-0.05, 0) is 56.3 Å². The zero-order valence-corrected chi connectivity index (χ0v) is 13.8. The van der Waals surface area contributed by atoms with Crippen LogP contribution >= 0.6 is 0 Å². The highest BCUT2D eigenvalue weighted by Gasteiger charge is 2.01. The minimum Gasteiger partial charge on any atom is -0.497 e. The number of methoxy groups -OCH3 is 1. The van der Waals surface area contributed by atoms with Gasteiger partial charge in [0.15, 0.2) is 0 Å². The molecule has 0 bridgehead atoms. The Kier molecular flexibility index (Phi) is 6.88. The van der Waals surface area contributed by atoms with Crippen molar-refractivity contribution >= 4 is 0 Å². The number of rotatable bonds is 9. The van der Waals surface area contributed by atoms with Crippen molar-refractivity contribution in [1.82, 2.24) is 4.90 Å². The molecule has 0 fully saturated rings. The molecule has 2 aromatic carbocycles. The summed E-state index contributed by atoms with van der Waals surface area (Å²) in [5.41, 5.74) is 1.32. The lowest BCUT2D eigenvalue weighted by Crippen LogP contribution is -2.25. The molecular formula is C19H24FNO2. The third kappa shape index (κ3) is 6.28. The zero-order chi connectivity index (χ0) is 16.5. The van der Waals surface area contributed by atoms with Crippen molar-refractivity contribution in [1.29, 1.82) is 0 Å². The lowest BCUT2D eigenvalue weighted by molar-refractivity contribution is 0.235. The largest absolute Gasteiger partial charge is 0.497 e. The number of hydrogen-bond donors (Lipinski definition) is 0. The summed E-state index contributed by atoms with van der Waals surface area (Å²) in [6, 6.07) is 14.4. The fourth-order valence-electron chi connectivity index (χ4n) is 2.33. The van der Waals surface area contributed by atoms with Crippen LogP contribution in [0.15, 0.2) is 48.5 Å². The summed E-state index contributed by atoms with van der Waals surface area (Å²) in [7, 11) is 3.75. The Morgan fingerprint density at radius 2 is 1.78 bits per heavy atom. The lowest BCUT2D eigenvalue weighted by atomic mass is 10.1. The topological polar surface area (TPSA) is 21.7 Å². The highest BCUT2D eigenvalue weighted by Crippen LogP contribution is 2.13. The molecule has 124 valence electrons. The van der Waals surface area contributed by atoms with Crippen LogP contribution in [0.5, 0.6) is 11.5 Å². The molecule has 2 aromatic rings. The fourth-order valence-corrected chi connectivity index (χ4v) is 2.33. The summed E-state index contributed by atoms with van der Waals surface area (Å²) in [5, 5.41) is 0. The quantitative estimate of drug-likeness (QED) is 0.702. The molecule has 0 radical (unpaired) electrons. The zero-order valence-electron chi connectivity index (χ0n) is 13.8. The van der Waals surface area contributed by atoms with Gasteiger partial charge < -0.3 is 14.4 Å². The number of aryl methyl sites for hydroxylation is 1. The van der Waals surface area contributed by atoms with Crippen LogP contribution in [0.2, 0.25) is 0 Å². The fraction of sp³-hybridized carbons (Fsp3) is 0.368. The monoisotopic (exact) mass is 317 g/mol. The van der Waals surface area contributed by atoms with E-state index in [9.17, 15) is 4.39 Å². The first-order chi connectivity index (χ1) is 11.2. The SMILES string of the molecule is COc1ccc(CCCN(C)CCOc2cccc(F)c2)cc1. The van der Waals surface area contributed by atoms with Crippen molar-refractivity contribution in [2.45, 2.75) is 12.8 Å². The van der Waals surface area contributed by atoms with Crippen molar-refractivity contribution in [2.24, 2.45) is 0 Å². The van der Waals surface area contributed by atoms with Gasteiger partial charge in [-0.15, -0.1) is 0 Å². The molecule has 0 aliphatic carbocycles.